The van der Waals surface area contributed by atoms with Crippen LogP contribution in [0.2, 0.25) is 5.02 Å². The third kappa shape index (κ3) is 4.12. The van der Waals surface area contributed by atoms with Crippen molar-refractivity contribution in [3.05, 3.63) is 28.8 Å². The topological polar surface area (TPSA) is 15.3 Å². The highest BCUT2D eigenvalue weighted by atomic mass is 35.5. The molecular formula is C16H25ClN2. The van der Waals surface area contributed by atoms with Gasteiger partial charge in [0.05, 0.1) is 10.7 Å². The molecule has 1 aliphatic carbocycles. The molecule has 0 aromatic heterocycles. The molecule has 0 aliphatic heterocycles. The van der Waals surface area contributed by atoms with Gasteiger partial charge in [-0.15, -0.1) is 0 Å². The highest BCUT2D eigenvalue weighted by Gasteiger charge is 2.25. The summed E-state index contributed by atoms with van der Waals surface area (Å²) in [6.07, 6.45) is 3.92. The third-order valence-electron chi connectivity index (χ3n) is 3.69. The van der Waals surface area contributed by atoms with Gasteiger partial charge in [-0.1, -0.05) is 30.7 Å². The minimum Gasteiger partial charge on any atom is -0.370 e. The Morgan fingerprint density at radius 2 is 2.11 bits per heavy atom. The lowest BCUT2D eigenvalue weighted by Gasteiger charge is -2.27. The van der Waals surface area contributed by atoms with Gasteiger partial charge >= 0.3 is 0 Å². The Morgan fingerprint density at radius 1 is 1.32 bits per heavy atom. The third-order valence-corrected chi connectivity index (χ3v) is 3.99. The van der Waals surface area contributed by atoms with Crippen molar-refractivity contribution in [3.8, 4) is 0 Å². The number of halogens is 1. The Hall–Kier alpha value is -0.730. The van der Waals surface area contributed by atoms with Crippen molar-refractivity contribution in [2.24, 2.45) is 5.92 Å². The molecular weight excluding hydrogens is 256 g/mol. The smallest absolute Gasteiger partial charge is 0.0642 e. The Kier molecular flexibility index (Phi) is 5.53. The largest absolute Gasteiger partial charge is 0.370 e. The molecule has 3 heteroatoms. The van der Waals surface area contributed by atoms with E-state index in [1.165, 1.54) is 24.1 Å². The van der Waals surface area contributed by atoms with Gasteiger partial charge < -0.3 is 10.2 Å². The zero-order valence-corrected chi connectivity index (χ0v) is 12.8. The maximum atomic E-state index is 6.45. The van der Waals surface area contributed by atoms with Crippen molar-refractivity contribution < 1.29 is 0 Å². The van der Waals surface area contributed by atoms with Gasteiger partial charge in [-0.05, 0) is 50.3 Å². The van der Waals surface area contributed by atoms with Crippen LogP contribution in [0.3, 0.4) is 0 Å². The molecule has 0 unspecified atom stereocenters. The van der Waals surface area contributed by atoms with Crippen LogP contribution in [0.1, 0.15) is 38.7 Å². The predicted molar refractivity (Wildman–Crippen MR) is 84.1 cm³/mol. The minimum absolute atomic E-state index is 0.882. The average Bonchev–Trinajstić information content (AvgIpc) is 3.21. The summed E-state index contributed by atoms with van der Waals surface area (Å²) < 4.78 is 0. The molecule has 0 atom stereocenters. The summed E-state index contributed by atoms with van der Waals surface area (Å²) in [4.78, 5) is 2.45. The number of nitrogens with zero attached hydrogens (tertiary/aromatic N) is 1. The van der Waals surface area contributed by atoms with Crippen molar-refractivity contribution >= 4 is 17.3 Å². The first-order valence-electron chi connectivity index (χ1n) is 7.49. The maximum absolute atomic E-state index is 6.45. The normalized spacial score (nSPS) is 14.7. The van der Waals surface area contributed by atoms with Crippen LogP contribution in [0.25, 0.3) is 0 Å². The van der Waals surface area contributed by atoms with E-state index in [4.69, 9.17) is 11.6 Å². The van der Waals surface area contributed by atoms with Crippen LogP contribution in [0.5, 0.6) is 0 Å². The molecule has 19 heavy (non-hydrogen) atoms. The minimum atomic E-state index is 0.882. The molecule has 1 fully saturated rings. The molecule has 0 spiro atoms. The Bertz CT molecular complexity index is 402. The molecule has 2 nitrogen and oxygen atoms in total. The second-order valence-corrected chi connectivity index (χ2v) is 5.81. The number of nitrogens with one attached hydrogen (secondary N) is 1. The van der Waals surface area contributed by atoms with Gasteiger partial charge in [0.1, 0.15) is 0 Å². The van der Waals surface area contributed by atoms with Gasteiger partial charge in [0.15, 0.2) is 0 Å². The van der Waals surface area contributed by atoms with Crippen LogP contribution in [-0.4, -0.2) is 19.6 Å². The van der Waals surface area contributed by atoms with Crippen LogP contribution in [0.4, 0.5) is 5.69 Å². The monoisotopic (exact) mass is 280 g/mol. The van der Waals surface area contributed by atoms with E-state index in [0.29, 0.717) is 0 Å². The van der Waals surface area contributed by atoms with E-state index >= 15 is 0 Å². The van der Waals surface area contributed by atoms with E-state index in [-0.39, 0.29) is 0 Å². The molecule has 106 valence electrons. The predicted octanol–water partition coefficient (Wildman–Crippen LogP) is 4.08. The lowest BCUT2D eigenvalue weighted by Crippen LogP contribution is -2.27. The Labute approximate surface area is 122 Å². The van der Waals surface area contributed by atoms with Crippen LogP contribution >= 0.6 is 11.6 Å². The quantitative estimate of drug-likeness (QED) is 0.722. The summed E-state index contributed by atoms with van der Waals surface area (Å²) >= 11 is 6.45. The Balaban J connectivity index is 2.14. The number of rotatable bonds is 8. The average molecular weight is 281 g/mol. The van der Waals surface area contributed by atoms with Gasteiger partial charge in [0, 0.05) is 19.6 Å². The zero-order chi connectivity index (χ0) is 13.7. The lowest BCUT2D eigenvalue weighted by molar-refractivity contribution is 0.669. The summed E-state index contributed by atoms with van der Waals surface area (Å²) in [5, 5.41) is 4.37. The standard InChI is InChI=1S/C16H25ClN2/c1-3-10-18-11-14-6-5-7-15(17)16(14)19(4-2)12-13-8-9-13/h5-7,13,18H,3-4,8-12H2,1-2H3. The molecule has 1 aromatic carbocycles. The van der Waals surface area contributed by atoms with Crippen molar-refractivity contribution in [1.82, 2.24) is 5.32 Å². The fourth-order valence-electron chi connectivity index (χ4n) is 2.45. The molecule has 0 saturated heterocycles. The molecule has 1 aliphatic rings. The van der Waals surface area contributed by atoms with Gasteiger partial charge in [-0.2, -0.15) is 0 Å². The second-order valence-electron chi connectivity index (χ2n) is 5.41. The molecule has 1 saturated carbocycles. The summed E-state index contributed by atoms with van der Waals surface area (Å²) in [7, 11) is 0. The first kappa shape index (κ1) is 14.7. The van der Waals surface area contributed by atoms with Crippen LogP contribution < -0.4 is 10.2 Å². The maximum Gasteiger partial charge on any atom is 0.0642 e. The Morgan fingerprint density at radius 3 is 2.74 bits per heavy atom. The van der Waals surface area contributed by atoms with Gasteiger partial charge in [-0.3, -0.25) is 0 Å². The van der Waals surface area contributed by atoms with E-state index in [2.05, 4.69) is 36.2 Å². The lowest BCUT2D eigenvalue weighted by atomic mass is 10.1. The van der Waals surface area contributed by atoms with Crippen molar-refractivity contribution in [2.75, 3.05) is 24.5 Å². The fourth-order valence-corrected chi connectivity index (χ4v) is 2.76. The molecule has 1 N–H and O–H groups in total. The van der Waals surface area contributed by atoms with Crippen LogP contribution in [0, 0.1) is 5.92 Å². The van der Waals surface area contributed by atoms with Gasteiger partial charge in [0.2, 0.25) is 0 Å². The second kappa shape index (κ2) is 7.16. The summed E-state index contributed by atoms with van der Waals surface area (Å²) in [6.45, 7) is 8.56. The van der Waals surface area contributed by atoms with Gasteiger partial charge in [-0.25, -0.2) is 0 Å². The summed E-state index contributed by atoms with van der Waals surface area (Å²) in [6, 6.07) is 6.26. The van der Waals surface area contributed by atoms with Crippen LogP contribution in [-0.2, 0) is 6.54 Å². The van der Waals surface area contributed by atoms with Crippen molar-refractivity contribution in [3.63, 3.8) is 0 Å². The van der Waals surface area contributed by atoms with Crippen molar-refractivity contribution in [1.29, 1.82) is 0 Å². The van der Waals surface area contributed by atoms with E-state index < -0.39 is 0 Å². The van der Waals surface area contributed by atoms with Gasteiger partial charge in [0.25, 0.3) is 0 Å². The number of hydrogen-bond donors (Lipinski definition) is 1. The highest BCUT2D eigenvalue weighted by molar-refractivity contribution is 6.33. The molecule has 0 bridgehead atoms. The molecule has 0 amide bonds. The van der Waals surface area contributed by atoms with Crippen molar-refractivity contribution in [2.45, 2.75) is 39.7 Å². The zero-order valence-electron chi connectivity index (χ0n) is 12.1. The SMILES string of the molecule is CCCNCc1cccc(Cl)c1N(CC)CC1CC1. The number of hydrogen-bond acceptors (Lipinski definition) is 2. The molecule has 0 heterocycles. The number of para-hydroxylation sites is 1. The molecule has 1 aromatic rings. The van der Waals surface area contributed by atoms with E-state index in [0.717, 1.165) is 43.5 Å². The van der Waals surface area contributed by atoms with Crippen LogP contribution in [0.15, 0.2) is 18.2 Å². The summed E-state index contributed by atoms with van der Waals surface area (Å²) in [5.74, 6) is 0.882. The highest BCUT2D eigenvalue weighted by Crippen LogP contribution is 2.35. The fraction of sp³-hybridized carbons (Fsp3) is 0.625. The van der Waals surface area contributed by atoms with E-state index in [1.807, 2.05) is 6.07 Å². The summed E-state index contributed by atoms with van der Waals surface area (Å²) in [5.41, 5.74) is 2.56. The molecule has 0 radical (unpaired) electrons. The molecule has 2 rings (SSSR count). The van der Waals surface area contributed by atoms with E-state index in [9.17, 15) is 0 Å². The first-order valence-corrected chi connectivity index (χ1v) is 7.87. The van der Waals surface area contributed by atoms with E-state index in [1.54, 1.807) is 0 Å². The number of benzene rings is 1. The first-order chi connectivity index (χ1) is 9.26. The number of anilines is 1.